The number of aromatic nitrogens is 2. The standard InChI is InChI=1S/C12H20ClN3O2S/c1-6-9-15-10(13)8(2)11(16-9)14-7-12(3,4)19(5,17)18/h6-7H2,1-5H3,(H,14,15,16). The average molecular weight is 306 g/mol. The smallest absolute Gasteiger partial charge is 0.154 e. The van der Waals surface area contributed by atoms with Crippen molar-refractivity contribution in [2.24, 2.45) is 0 Å². The molecule has 1 N–H and O–H groups in total. The second-order valence-electron chi connectivity index (χ2n) is 5.14. The molecule has 0 unspecified atom stereocenters. The summed E-state index contributed by atoms with van der Waals surface area (Å²) in [7, 11) is -3.15. The predicted octanol–water partition coefficient (Wildman–Crippen LogP) is 2.24. The minimum absolute atomic E-state index is 0.267. The third-order valence-corrected chi connectivity index (χ3v) is 5.65. The highest BCUT2D eigenvalue weighted by molar-refractivity contribution is 7.92. The van der Waals surface area contributed by atoms with Crippen molar-refractivity contribution in [3.63, 3.8) is 0 Å². The van der Waals surface area contributed by atoms with E-state index in [1.807, 2.05) is 6.92 Å². The van der Waals surface area contributed by atoms with E-state index in [-0.39, 0.29) is 6.54 Å². The zero-order valence-electron chi connectivity index (χ0n) is 11.9. The lowest BCUT2D eigenvalue weighted by molar-refractivity contribution is 0.559. The summed E-state index contributed by atoms with van der Waals surface area (Å²) in [6, 6.07) is 0. The SMILES string of the molecule is CCc1nc(Cl)c(C)c(NCC(C)(C)S(C)(=O)=O)n1. The van der Waals surface area contributed by atoms with Gasteiger partial charge in [0.15, 0.2) is 9.84 Å². The second kappa shape index (κ2) is 5.63. The van der Waals surface area contributed by atoms with Crippen LogP contribution >= 0.6 is 11.6 Å². The molecular formula is C12H20ClN3O2S. The van der Waals surface area contributed by atoms with Gasteiger partial charge in [0.05, 0.1) is 4.75 Å². The van der Waals surface area contributed by atoms with Crippen molar-refractivity contribution < 1.29 is 8.42 Å². The quantitative estimate of drug-likeness (QED) is 0.845. The Morgan fingerprint density at radius 2 is 1.89 bits per heavy atom. The summed E-state index contributed by atoms with van der Waals surface area (Å²) in [5, 5.41) is 3.46. The molecule has 0 fully saturated rings. The first-order chi connectivity index (χ1) is 8.58. The third-order valence-electron chi connectivity index (χ3n) is 3.13. The Morgan fingerprint density at radius 3 is 2.37 bits per heavy atom. The van der Waals surface area contributed by atoms with Crippen LogP contribution in [0.2, 0.25) is 5.15 Å². The number of halogens is 1. The van der Waals surface area contributed by atoms with Crippen molar-refractivity contribution in [3.8, 4) is 0 Å². The van der Waals surface area contributed by atoms with E-state index in [0.29, 0.717) is 23.2 Å². The van der Waals surface area contributed by atoms with Gasteiger partial charge in [0.2, 0.25) is 0 Å². The summed E-state index contributed by atoms with van der Waals surface area (Å²) in [4.78, 5) is 8.48. The predicted molar refractivity (Wildman–Crippen MR) is 78.6 cm³/mol. The topological polar surface area (TPSA) is 72.0 Å². The maximum atomic E-state index is 11.7. The number of aryl methyl sites for hydroxylation is 1. The van der Waals surface area contributed by atoms with Crippen molar-refractivity contribution >= 4 is 27.3 Å². The first-order valence-electron chi connectivity index (χ1n) is 6.05. The lowest BCUT2D eigenvalue weighted by Crippen LogP contribution is -2.38. The van der Waals surface area contributed by atoms with E-state index < -0.39 is 14.6 Å². The minimum Gasteiger partial charge on any atom is -0.368 e. The van der Waals surface area contributed by atoms with E-state index in [1.165, 1.54) is 6.26 Å². The molecule has 0 spiro atoms. The summed E-state index contributed by atoms with van der Waals surface area (Å²) in [6.07, 6.45) is 1.90. The maximum Gasteiger partial charge on any atom is 0.154 e. The van der Waals surface area contributed by atoms with E-state index in [9.17, 15) is 8.42 Å². The summed E-state index contributed by atoms with van der Waals surface area (Å²) in [5.41, 5.74) is 0.725. The Bertz CT molecular complexity index is 571. The number of sulfone groups is 1. The Labute approximate surface area is 119 Å². The molecule has 1 rings (SSSR count). The van der Waals surface area contributed by atoms with Crippen molar-refractivity contribution in [3.05, 3.63) is 16.5 Å². The molecule has 0 aromatic carbocycles. The molecule has 1 heterocycles. The Morgan fingerprint density at radius 1 is 1.32 bits per heavy atom. The van der Waals surface area contributed by atoms with Crippen molar-refractivity contribution in [1.29, 1.82) is 0 Å². The van der Waals surface area contributed by atoms with Crippen LogP contribution in [0.15, 0.2) is 0 Å². The van der Waals surface area contributed by atoms with Crippen LogP contribution in [0.5, 0.6) is 0 Å². The van der Waals surface area contributed by atoms with E-state index in [4.69, 9.17) is 11.6 Å². The summed E-state index contributed by atoms with van der Waals surface area (Å²) < 4.78 is 22.4. The van der Waals surface area contributed by atoms with Gasteiger partial charge < -0.3 is 5.32 Å². The van der Waals surface area contributed by atoms with Crippen LogP contribution < -0.4 is 5.32 Å². The molecular weight excluding hydrogens is 286 g/mol. The first-order valence-corrected chi connectivity index (χ1v) is 8.32. The van der Waals surface area contributed by atoms with Gasteiger partial charge in [-0.25, -0.2) is 18.4 Å². The average Bonchev–Trinajstić information content (AvgIpc) is 2.29. The molecule has 1 aromatic rings. The second-order valence-corrected chi connectivity index (χ2v) is 8.15. The first kappa shape index (κ1) is 16.2. The molecule has 0 saturated carbocycles. The van der Waals surface area contributed by atoms with E-state index >= 15 is 0 Å². The molecule has 0 aliphatic carbocycles. The summed E-state index contributed by atoms with van der Waals surface area (Å²) >= 11 is 6.03. The van der Waals surface area contributed by atoms with Gasteiger partial charge in [-0.15, -0.1) is 0 Å². The third kappa shape index (κ3) is 3.79. The molecule has 1 aromatic heterocycles. The highest BCUT2D eigenvalue weighted by Gasteiger charge is 2.30. The van der Waals surface area contributed by atoms with Gasteiger partial charge in [-0.2, -0.15) is 0 Å². The number of rotatable bonds is 5. The fourth-order valence-electron chi connectivity index (χ4n) is 1.29. The van der Waals surface area contributed by atoms with Gasteiger partial charge in [-0.3, -0.25) is 0 Å². The van der Waals surface area contributed by atoms with Gasteiger partial charge in [0.1, 0.15) is 16.8 Å². The number of hydrogen-bond acceptors (Lipinski definition) is 5. The van der Waals surface area contributed by atoms with E-state index in [1.54, 1.807) is 20.8 Å². The number of nitrogens with one attached hydrogen (secondary N) is 1. The van der Waals surface area contributed by atoms with Gasteiger partial charge >= 0.3 is 0 Å². The molecule has 0 aliphatic heterocycles. The number of hydrogen-bond donors (Lipinski definition) is 1. The molecule has 0 bridgehead atoms. The molecule has 0 aliphatic rings. The fourth-order valence-corrected chi connectivity index (χ4v) is 1.81. The molecule has 0 amide bonds. The van der Waals surface area contributed by atoms with Crippen LogP contribution in [0.4, 0.5) is 5.82 Å². The lowest BCUT2D eigenvalue weighted by atomic mass is 10.2. The number of anilines is 1. The zero-order valence-corrected chi connectivity index (χ0v) is 13.5. The minimum atomic E-state index is -3.15. The van der Waals surface area contributed by atoms with Crippen LogP contribution in [0.1, 0.15) is 32.2 Å². The Balaban J connectivity index is 2.98. The molecule has 108 valence electrons. The normalized spacial score (nSPS) is 12.5. The van der Waals surface area contributed by atoms with E-state index in [2.05, 4.69) is 15.3 Å². The maximum absolute atomic E-state index is 11.7. The van der Waals surface area contributed by atoms with Crippen LogP contribution in [-0.2, 0) is 16.3 Å². The fraction of sp³-hybridized carbons (Fsp3) is 0.667. The van der Waals surface area contributed by atoms with Crippen LogP contribution in [0, 0.1) is 6.92 Å². The monoisotopic (exact) mass is 305 g/mol. The van der Waals surface area contributed by atoms with Gasteiger partial charge in [-0.05, 0) is 20.8 Å². The molecule has 0 saturated heterocycles. The highest BCUT2D eigenvalue weighted by Crippen LogP contribution is 2.22. The summed E-state index contributed by atoms with van der Waals surface area (Å²) in [6.45, 7) is 7.36. The van der Waals surface area contributed by atoms with E-state index in [0.717, 1.165) is 5.56 Å². The van der Waals surface area contributed by atoms with Crippen LogP contribution in [0.25, 0.3) is 0 Å². The Kier molecular flexibility index (Phi) is 4.79. The molecule has 0 atom stereocenters. The zero-order chi connectivity index (χ0) is 14.8. The lowest BCUT2D eigenvalue weighted by Gasteiger charge is -2.23. The molecule has 0 radical (unpaired) electrons. The molecule has 5 nitrogen and oxygen atoms in total. The van der Waals surface area contributed by atoms with Gasteiger partial charge in [0.25, 0.3) is 0 Å². The number of nitrogens with zero attached hydrogens (tertiary/aromatic N) is 2. The van der Waals surface area contributed by atoms with Gasteiger partial charge in [0, 0.05) is 24.8 Å². The van der Waals surface area contributed by atoms with Crippen molar-refractivity contribution in [2.75, 3.05) is 18.1 Å². The van der Waals surface area contributed by atoms with Crippen molar-refractivity contribution in [2.45, 2.75) is 38.9 Å². The van der Waals surface area contributed by atoms with Crippen molar-refractivity contribution in [1.82, 2.24) is 9.97 Å². The largest absolute Gasteiger partial charge is 0.368 e. The molecule has 7 heteroatoms. The van der Waals surface area contributed by atoms with Crippen LogP contribution in [-0.4, -0.2) is 35.9 Å². The van der Waals surface area contributed by atoms with Gasteiger partial charge in [-0.1, -0.05) is 18.5 Å². The summed E-state index contributed by atoms with van der Waals surface area (Å²) in [5.74, 6) is 1.23. The molecule has 19 heavy (non-hydrogen) atoms. The highest BCUT2D eigenvalue weighted by atomic mass is 35.5. The Hall–Kier alpha value is -0.880. The van der Waals surface area contributed by atoms with Crippen LogP contribution in [0.3, 0.4) is 0 Å².